The van der Waals surface area contributed by atoms with E-state index in [1.165, 1.54) is 22.3 Å². The number of nitrogens with one attached hydrogen (secondary N) is 1. The van der Waals surface area contributed by atoms with Crippen LogP contribution in [-0.4, -0.2) is 40.8 Å². The molecule has 4 rings (SSSR count). The Labute approximate surface area is 191 Å². The summed E-state index contributed by atoms with van der Waals surface area (Å²) < 4.78 is 0. The van der Waals surface area contributed by atoms with Gasteiger partial charge in [0.1, 0.15) is 16.5 Å². The summed E-state index contributed by atoms with van der Waals surface area (Å²) in [4.78, 5) is 45.0. The minimum absolute atomic E-state index is 0.0152. The van der Waals surface area contributed by atoms with E-state index < -0.39 is 11.8 Å². The van der Waals surface area contributed by atoms with E-state index in [0.717, 1.165) is 0 Å². The maximum atomic E-state index is 13.1. The second-order valence-electron chi connectivity index (χ2n) is 6.61. The number of nitrogens with zero attached hydrogens (tertiary/aromatic N) is 3. The molecule has 0 radical (unpaired) electrons. The Balaban J connectivity index is 1.64. The molecule has 2 aliphatic heterocycles. The number of halogens is 2. The van der Waals surface area contributed by atoms with Gasteiger partial charge in [-0.05, 0) is 42.6 Å². The fourth-order valence-corrected chi connectivity index (χ4v) is 4.75. The van der Waals surface area contributed by atoms with E-state index in [1.54, 1.807) is 24.3 Å². The first-order chi connectivity index (χ1) is 14.3. The molecule has 0 bridgehead atoms. The van der Waals surface area contributed by atoms with Crippen molar-refractivity contribution in [3.05, 3.63) is 44.9 Å². The first kappa shape index (κ1) is 20.9. The minimum atomic E-state index is -0.607. The van der Waals surface area contributed by atoms with E-state index >= 15 is 0 Å². The van der Waals surface area contributed by atoms with Gasteiger partial charge in [-0.25, -0.2) is 4.98 Å². The lowest BCUT2D eigenvalue weighted by molar-refractivity contribution is -0.122. The van der Waals surface area contributed by atoms with Crippen molar-refractivity contribution < 1.29 is 14.4 Å². The van der Waals surface area contributed by atoms with Gasteiger partial charge in [0.15, 0.2) is 10.2 Å². The second kappa shape index (κ2) is 8.43. The van der Waals surface area contributed by atoms with Gasteiger partial charge in [-0.15, -0.1) is 0 Å². The molecule has 2 aliphatic rings. The zero-order chi connectivity index (χ0) is 21.4. The lowest BCUT2D eigenvalue weighted by atomic mass is 10.1. The predicted molar refractivity (Wildman–Crippen MR) is 121 cm³/mol. The summed E-state index contributed by atoms with van der Waals surface area (Å²) in [5.41, 5.74) is 0.374. The number of thiocarbonyl (C=S) groups is 1. The van der Waals surface area contributed by atoms with Crippen molar-refractivity contribution in [1.82, 2.24) is 10.3 Å². The number of benzene rings is 1. The largest absolute Gasteiger partial charge is 0.347 e. The molecular formula is C19H14Cl2N4O3S2. The number of thiazole rings is 1. The van der Waals surface area contributed by atoms with Crippen LogP contribution in [0.15, 0.2) is 29.8 Å². The molecule has 0 atom stereocenters. The topological polar surface area (TPSA) is 82.6 Å². The monoisotopic (exact) mass is 480 g/mol. The minimum Gasteiger partial charge on any atom is -0.347 e. The van der Waals surface area contributed by atoms with Gasteiger partial charge in [-0.1, -0.05) is 34.5 Å². The number of carbonyl (C=O) groups is 3. The highest BCUT2D eigenvalue weighted by atomic mass is 35.5. The van der Waals surface area contributed by atoms with Crippen LogP contribution >= 0.6 is 46.8 Å². The Hall–Kier alpha value is -2.33. The molecule has 0 aliphatic carbocycles. The molecule has 1 aromatic heterocycles. The van der Waals surface area contributed by atoms with Crippen LogP contribution in [0.5, 0.6) is 0 Å². The number of piperidine rings is 1. The summed E-state index contributed by atoms with van der Waals surface area (Å²) in [7, 11) is 0. The van der Waals surface area contributed by atoms with E-state index in [2.05, 4.69) is 10.3 Å². The van der Waals surface area contributed by atoms with Gasteiger partial charge >= 0.3 is 0 Å². The molecular weight excluding hydrogens is 467 g/mol. The molecule has 0 spiro atoms. The zero-order valence-electron chi connectivity index (χ0n) is 15.4. The van der Waals surface area contributed by atoms with Crippen LogP contribution in [0, 0.1) is 0 Å². The smallest absolute Gasteiger partial charge is 0.270 e. The summed E-state index contributed by atoms with van der Waals surface area (Å²) >= 11 is 18.6. The van der Waals surface area contributed by atoms with Gasteiger partial charge in [0.2, 0.25) is 0 Å². The Bertz CT molecular complexity index is 1090. The van der Waals surface area contributed by atoms with Crippen LogP contribution in [0.25, 0.3) is 6.08 Å². The SMILES string of the molecule is O=C1CCN(c2nc(Cl)c(/C=C3\C(=O)NC(=S)N(c4ccc(Cl)cc4)C3=O)s2)CC1. The molecule has 2 fully saturated rings. The summed E-state index contributed by atoms with van der Waals surface area (Å²) in [5, 5.41) is 3.86. The first-order valence-electron chi connectivity index (χ1n) is 8.93. The van der Waals surface area contributed by atoms with Gasteiger partial charge < -0.3 is 4.90 Å². The number of amides is 2. The Kier molecular flexibility index (Phi) is 5.88. The fourth-order valence-electron chi connectivity index (χ4n) is 3.09. The fraction of sp³-hybridized carbons (Fsp3) is 0.211. The van der Waals surface area contributed by atoms with Crippen LogP contribution in [0.4, 0.5) is 10.8 Å². The van der Waals surface area contributed by atoms with Crippen LogP contribution < -0.4 is 15.1 Å². The van der Waals surface area contributed by atoms with Crippen LogP contribution in [0.1, 0.15) is 17.7 Å². The summed E-state index contributed by atoms with van der Waals surface area (Å²) in [6.07, 6.45) is 2.34. The Morgan fingerprint density at radius 2 is 1.77 bits per heavy atom. The van der Waals surface area contributed by atoms with Crippen LogP contribution in [-0.2, 0) is 14.4 Å². The van der Waals surface area contributed by atoms with Crippen molar-refractivity contribution in [3.63, 3.8) is 0 Å². The third-order valence-corrected chi connectivity index (χ3v) is 6.65. The van der Waals surface area contributed by atoms with Gasteiger partial charge in [0.25, 0.3) is 11.8 Å². The maximum Gasteiger partial charge on any atom is 0.270 e. The van der Waals surface area contributed by atoms with E-state index in [0.29, 0.717) is 46.6 Å². The molecule has 1 aromatic carbocycles. The molecule has 1 N–H and O–H groups in total. The Morgan fingerprint density at radius 3 is 2.43 bits per heavy atom. The van der Waals surface area contributed by atoms with Gasteiger partial charge in [0, 0.05) is 31.0 Å². The number of rotatable bonds is 3. The van der Waals surface area contributed by atoms with Crippen molar-refractivity contribution in [2.24, 2.45) is 0 Å². The molecule has 11 heteroatoms. The molecule has 2 aromatic rings. The molecule has 154 valence electrons. The number of anilines is 2. The Morgan fingerprint density at radius 1 is 1.10 bits per heavy atom. The normalized spacial score (nSPS) is 18.9. The van der Waals surface area contributed by atoms with Crippen molar-refractivity contribution >= 4 is 86.4 Å². The van der Waals surface area contributed by atoms with Gasteiger partial charge in [0.05, 0.1) is 10.6 Å². The van der Waals surface area contributed by atoms with Crippen LogP contribution in [0.3, 0.4) is 0 Å². The quantitative estimate of drug-likeness (QED) is 0.411. The highest BCUT2D eigenvalue weighted by Crippen LogP contribution is 2.33. The van der Waals surface area contributed by atoms with Crippen molar-refractivity contribution in [1.29, 1.82) is 0 Å². The zero-order valence-corrected chi connectivity index (χ0v) is 18.5. The average molecular weight is 481 g/mol. The number of carbonyl (C=O) groups excluding carboxylic acids is 3. The van der Waals surface area contributed by atoms with E-state index in [-0.39, 0.29) is 21.6 Å². The molecule has 2 saturated heterocycles. The third-order valence-electron chi connectivity index (χ3n) is 4.65. The predicted octanol–water partition coefficient (Wildman–Crippen LogP) is 3.45. The number of aromatic nitrogens is 1. The lowest BCUT2D eigenvalue weighted by Gasteiger charge is -2.28. The maximum absolute atomic E-state index is 13.1. The van der Waals surface area contributed by atoms with Crippen molar-refractivity contribution in [2.75, 3.05) is 22.9 Å². The summed E-state index contributed by atoms with van der Waals surface area (Å²) in [6, 6.07) is 6.53. The molecule has 0 unspecified atom stereocenters. The van der Waals surface area contributed by atoms with E-state index in [9.17, 15) is 14.4 Å². The molecule has 7 nitrogen and oxygen atoms in total. The average Bonchev–Trinajstić information content (AvgIpc) is 3.07. The van der Waals surface area contributed by atoms with Crippen LogP contribution in [0.2, 0.25) is 10.2 Å². The van der Waals surface area contributed by atoms with Crippen molar-refractivity contribution in [2.45, 2.75) is 12.8 Å². The number of hydrogen-bond acceptors (Lipinski definition) is 7. The summed E-state index contributed by atoms with van der Waals surface area (Å²) in [5.74, 6) is -0.954. The number of ketones is 1. The van der Waals surface area contributed by atoms with Gasteiger partial charge in [-0.2, -0.15) is 0 Å². The number of Topliss-reactive ketones (excluding diaryl/α,β-unsaturated/α-hetero) is 1. The standard InChI is InChI=1S/C19H14Cl2N4O3S2/c20-10-1-3-11(4-2-10)25-17(28)13(16(27)23-18(25)29)9-14-15(21)22-19(30-14)24-7-5-12(26)6-8-24/h1-4,9H,5-8H2,(H,23,27,29)/b13-9+. The summed E-state index contributed by atoms with van der Waals surface area (Å²) in [6.45, 7) is 1.13. The molecule has 2 amide bonds. The van der Waals surface area contributed by atoms with Crippen molar-refractivity contribution in [3.8, 4) is 0 Å². The molecule has 30 heavy (non-hydrogen) atoms. The molecule has 3 heterocycles. The second-order valence-corrected chi connectivity index (χ2v) is 8.80. The van der Waals surface area contributed by atoms with Gasteiger partial charge in [-0.3, -0.25) is 24.6 Å². The highest BCUT2D eigenvalue weighted by Gasteiger charge is 2.35. The first-order valence-corrected chi connectivity index (χ1v) is 10.9. The van der Waals surface area contributed by atoms with E-state index in [4.69, 9.17) is 35.4 Å². The lowest BCUT2D eigenvalue weighted by Crippen LogP contribution is -2.54. The van der Waals surface area contributed by atoms with E-state index in [1.807, 2.05) is 4.90 Å². The highest BCUT2D eigenvalue weighted by molar-refractivity contribution is 7.80. The molecule has 0 saturated carbocycles. The third kappa shape index (κ3) is 4.11. The number of hydrogen-bond donors (Lipinski definition) is 1.